The van der Waals surface area contributed by atoms with E-state index in [0.717, 1.165) is 37.2 Å². The van der Waals surface area contributed by atoms with E-state index in [4.69, 9.17) is 10.3 Å². The molecule has 0 amide bonds. The maximum absolute atomic E-state index is 6.51. The Kier molecular flexibility index (Phi) is 3.65. The monoisotopic (exact) mass is 291 g/mol. The molecule has 4 nitrogen and oxygen atoms in total. The minimum absolute atomic E-state index is 0.430. The summed E-state index contributed by atoms with van der Waals surface area (Å²) in [6.07, 6.45) is 5.43. The van der Waals surface area contributed by atoms with Crippen LogP contribution in [0.5, 0.6) is 0 Å². The van der Waals surface area contributed by atoms with Crippen LogP contribution >= 0.6 is 11.3 Å². The van der Waals surface area contributed by atoms with Crippen LogP contribution in [0.15, 0.2) is 15.3 Å². The topological polar surface area (TPSA) is 64.9 Å². The fourth-order valence-corrected chi connectivity index (χ4v) is 3.77. The van der Waals surface area contributed by atoms with Gasteiger partial charge < -0.3 is 10.3 Å². The highest BCUT2D eigenvalue weighted by molar-refractivity contribution is 7.08. The van der Waals surface area contributed by atoms with Crippen LogP contribution in [0, 0.1) is 12.8 Å². The Bertz CT molecular complexity index is 581. The number of aryl methyl sites for hydroxylation is 1. The van der Waals surface area contributed by atoms with Crippen molar-refractivity contribution in [3.05, 3.63) is 22.2 Å². The van der Waals surface area contributed by atoms with Gasteiger partial charge in [0, 0.05) is 10.9 Å². The average molecular weight is 291 g/mol. The van der Waals surface area contributed by atoms with Gasteiger partial charge >= 0.3 is 0 Å². The van der Waals surface area contributed by atoms with Gasteiger partial charge in [0.15, 0.2) is 0 Å². The minimum Gasteiger partial charge on any atom is -0.337 e. The van der Waals surface area contributed by atoms with Gasteiger partial charge in [-0.1, -0.05) is 18.5 Å². The number of rotatable bonds is 3. The third kappa shape index (κ3) is 2.40. The number of aromatic nitrogens is 2. The molecule has 0 atom stereocenters. The molecule has 0 radical (unpaired) electrons. The Balaban J connectivity index is 1.82. The SMILES string of the molecule is CCC1CCC(N)(c2nc(-c3cscc3C)no2)CC1. The van der Waals surface area contributed by atoms with E-state index in [0.29, 0.717) is 11.7 Å². The summed E-state index contributed by atoms with van der Waals surface area (Å²) in [6, 6.07) is 0. The van der Waals surface area contributed by atoms with Crippen molar-refractivity contribution in [2.45, 2.75) is 51.5 Å². The van der Waals surface area contributed by atoms with Gasteiger partial charge in [0.05, 0.1) is 5.54 Å². The van der Waals surface area contributed by atoms with Crippen molar-refractivity contribution in [1.29, 1.82) is 0 Å². The molecule has 2 aromatic heterocycles. The number of nitrogens with zero attached hydrogens (tertiary/aromatic N) is 2. The lowest BCUT2D eigenvalue weighted by atomic mass is 9.76. The fourth-order valence-electron chi connectivity index (χ4n) is 2.94. The normalized spacial score (nSPS) is 26.9. The van der Waals surface area contributed by atoms with Gasteiger partial charge in [0.2, 0.25) is 11.7 Å². The zero-order valence-electron chi connectivity index (χ0n) is 12.1. The molecule has 2 heterocycles. The Labute approximate surface area is 123 Å². The molecule has 20 heavy (non-hydrogen) atoms. The van der Waals surface area contributed by atoms with E-state index >= 15 is 0 Å². The highest BCUT2D eigenvalue weighted by Crippen LogP contribution is 2.38. The molecule has 1 aliphatic rings. The first kappa shape index (κ1) is 13.8. The molecule has 1 fully saturated rings. The Morgan fingerprint density at radius 1 is 1.40 bits per heavy atom. The zero-order chi connectivity index (χ0) is 14.2. The van der Waals surface area contributed by atoms with E-state index in [1.807, 2.05) is 0 Å². The van der Waals surface area contributed by atoms with Crippen molar-refractivity contribution in [2.24, 2.45) is 11.7 Å². The minimum atomic E-state index is -0.430. The summed E-state index contributed by atoms with van der Waals surface area (Å²) >= 11 is 1.66. The lowest BCUT2D eigenvalue weighted by Gasteiger charge is -2.33. The molecule has 2 aromatic rings. The molecule has 0 unspecified atom stereocenters. The second-order valence-electron chi connectivity index (χ2n) is 5.90. The molecule has 5 heteroatoms. The first-order valence-corrected chi connectivity index (χ1v) is 8.23. The van der Waals surface area contributed by atoms with Gasteiger partial charge in [-0.3, -0.25) is 0 Å². The van der Waals surface area contributed by atoms with Gasteiger partial charge in [-0.2, -0.15) is 16.3 Å². The van der Waals surface area contributed by atoms with Crippen LogP contribution in [0.25, 0.3) is 11.4 Å². The summed E-state index contributed by atoms with van der Waals surface area (Å²) in [7, 11) is 0. The van der Waals surface area contributed by atoms with Crippen molar-refractivity contribution >= 4 is 11.3 Å². The number of thiophene rings is 1. The standard InChI is InChI=1S/C15H21N3OS/c1-3-11-4-6-15(16,7-5-11)14-17-13(18-19-14)12-9-20-8-10(12)2/h8-9,11H,3-7,16H2,1-2H3. The van der Waals surface area contributed by atoms with E-state index in [9.17, 15) is 0 Å². The number of nitrogens with two attached hydrogens (primary N) is 1. The second-order valence-corrected chi connectivity index (χ2v) is 6.64. The van der Waals surface area contributed by atoms with Crippen LogP contribution in [0.2, 0.25) is 0 Å². The number of hydrogen-bond acceptors (Lipinski definition) is 5. The smallest absolute Gasteiger partial charge is 0.247 e. The fraction of sp³-hybridized carbons (Fsp3) is 0.600. The lowest BCUT2D eigenvalue weighted by molar-refractivity contribution is 0.181. The van der Waals surface area contributed by atoms with Crippen LogP contribution < -0.4 is 5.73 Å². The predicted octanol–water partition coefficient (Wildman–Crippen LogP) is 3.86. The summed E-state index contributed by atoms with van der Waals surface area (Å²) in [5.74, 6) is 2.07. The largest absolute Gasteiger partial charge is 0.337 e. The molecule has 1 aliphatic carbocycles. The first-order valence-electron chi connectivity index (χ1n) is 7.28. The van der Waals surface area contributed by atoms with Crippen molar-refractivity contribution < 1.29 is 4.52 Å². The van der Waals surface area contributed by atoms with Crippen molar-refractivity contribution in [3.63, 3.8) is 0 Å². The second kappa shape index (κ2) is 5.30. The van der Waals surface area contributed by atoms with Crippen molar-refractivity contribution in [3.8, 4) is 11.4 Å². The van der Waals surface area contributed by atoms with Gasteiger partial charge in [0.1, 0.15) is 0 Å². The Hall–Kier alpha value is -1.20. The summed E-state index contributed by atoms with van der Waals surface area (Å²) < 4.78 is 5.47. The van der Waals surface area contributed by atoms with Gasteiger partial charge in [-0.05, 0) is 49.5 Å². The van der Waals surface area contributed by atoms with Gasteiger partial charge in [-0.25, -0.2) is 0 Å². The zero-order valence-corrected chi connectivity index (χ0v) is 12.9. The van der Waals surface area contributed by atoms with E-state index in [-0.39, 0.29) is 0 Å². The maximum Gasteiger partial charge on any atom is 0.247 e. The number of hydrogen-bond donors (Lipinski definition) is 1. The molecule has 0 bridgehead atoms. The van der Waals surface area contributed by atoms with Crippen LogP contribution in [0.4, 0.5) is 0 Å². The molecule has 0 aliphatic heterocycles. The molecule has 3 rings (SSSR count). The van der Waals surface area contributed by atoms with Crippen LogP contribution in [-0.2, 0) is 5.54 Å². The van der Waals surface area contributed by atoms with Gasteiger partial charge in [-0.15, -0.1) is 0 Å². The average Bonchev–Trinajstić information content (AvgIpc) is 3.08. The van der Waals surface area contributed by atoms with Crippen molar-refractivity contribution in [2.75, 3.05) is 0 Å². The molecular weight excluding hydrogens is 270 g/mol. The summed E-state index contributed by atoms with van der Waals surface area (Å²) in [5.41, 5.74) is 8.31. The van der Waals surface area contributed by atoms with Gasteiger partial charge in [0.25, 0.3) is 0 Å². The third-order valence-electron chi connectivity index (χ3n) is 4.52. The van der Waals surface area contributed by atoms with E-state index in [2.05, 4.69) is 34.7 Å². The molecule has 1 saturated carbocycles. The predicted molar refractivity (Wildman–Crippen MR) is 80.5 cm³/mol. The molecule has 0 aromatic carbocycles. The van der Waals surface area contributed by atoms with Crippen LogP contribution in [0.3, 0.4) is 0 Å². The Morgan fingerprint density at radius 3 is 2.75 bits per heavy atom. The first-order chi connectivity index (χ1) is 9.62. The third-order valence-corrected chi connectivity index (χ3v) is 5.38. The summed E-state index contributed by atoms with van der Waals surface area (Å²) in [6.45, 7) is 4.31. The Morgan fingerprint density at radius 2 is 2.15 bits per heavy atom. The van der Waals surface area contributed by atoms with Crippen LogP contribution in [0.1, 0.15) is 50.5 Å². The highest BCUT2D eigenvalue weighted by atomic mass is 32.1. The summed E-state index contributed by atoms with van der Waals surface area (Å²) in [5, 5.41) is 8.27. The van der Waals surface area contributed by atoms with E-state index < -0.39 is 5.54 Å². The quantitative estimate of drug-likeness (QED) is 0.932. The molecule has 0 spiro atoms. The van der Waals surface area contributed by atoms with E-state index in [1.54, 1.807) is 11.3 Å². The van der Waals surface area contributed by atoms with Crippen LogP contribution in [-0.4, -0.2) is 10.1 Å². The highest BCUT2D eigenvalue weighted by Gasteiger charge is 2.37. The van der Waals surface area contributed by atoms with E-state index in [1.165, 1.54) is 12.0 Å². The lowest BCUT2D eigenvalue weighted by Crippen LogP contribution is -2.40. The summed E-state index contributed by atoms with van der Waals surface area (Å²) in [4.78, 5) is 4.56. The molecule has 0 saturated heterocycles. The molecule has 2 N–H and O–H groups in total. The maximum atomic E-state index is 6.51. The van der Waals surface area contributed by atoms with Crippen molar-refractivity contribution in [1.82, 2.24) is 10.1 Å². The molecular formula is C15H21N3OS. The molecule has 108 valence electrons.